The van der Waals surface area contributed by atoms with Gasteiger partial charge in [0.1, 0.15) is 12.2 Å². The molecule has 4 atom stereocenters. The lowest BCUT2D eigenvalue weighted by atomic mass is 10.0. The molecule has 0 radical (unpaired) electrons. The highest BCUT2D eigenvalue weighted by molar-refractivity contribution is 5.81. The molecule has 0 heterocycles. The number of carbonyl (C=O) groups excluding carboxylic acids is 2. The lowest BCUT2D eigenvalue weighted by molar-refractivity contribution is -0.152. The Labute approximate surface area is 173 Å². The Kier molecular flexibility index (Phi) is 19.3. The Balaban J connectivity index is 0. The third-order valence-corrected chi connectivity index (χ3v) is 3.96. The van der Waals surface area contributed by atoms with E-state index < -0.39 is 36.2 Å². The van der Waals surface area contributed by atoms with Crippen LogP contribution in [0.15, 0.2) is 24.6 Å². The van der Waals surface area contributed by atoms with E-state index in [-0.39, 0.29) is 0 Å². The number of aliphatic hydroxyl groups excluding tert-OH is 3. The van der Waals surface area contributed by atoms with Gasteiger partial charge in [-0.15, -0.1) is 0 Å². The first-order valence-electron chi connectivity index (χ1n) is 10.0. The minimum Gasteiger partial charge on any atom is -0.486 e. The maximum absolute atomic E-state index is 11.2. The van der Waals surface area contributed by atoms with Crippen molar-refractivity contribution < 1.29 is 29.6 Å². The predicted molar refractivity (Wildman–Crippen MR) is 112 cm³/mol. The maximum Gasteiger partial charge on any atom is 0.261 e. The van der Waals surface area contributed by atoms with Gasteiger partial charge in [0.15, 0.2) is 6.10 Å². The van der Waals surface area contributed by atoms with Crippen LogP contribution < -0.4 is 17.2 Å². The second-order valence-corrected chi connectivity index (χ2v) is 6.58. The number of allylic oxidation sites excluding steroid dienone is 2. The first-order valence-corrected chi connectivity index (χ1v) is 10.0. The van der Waals surface area contributed by atoms with E-state index in [2.05, 4.69) is 13.8 Å². The molecule has 0 unspecified atom stereocenters. The molecule has 9 heteroatoms. The summed E-state index contributed by atoms with van der Waals surface area (Å²) in [6.45, 7) is 4.26. The number of unbranched alkanes of at least 4 members (excludes halogenated alkanes) is 6. The zero-order valence-electron chi connectivity index (χ0n) is 17.6. The molecule has 0 fully saturated rings. The van der Waals surface area contributed by atoms with Gasteiger partial charge in [0.25, 0.3) is 5.91 Å². The summed E-state index contributed by atoms with van der Waals surface area (Å²) in [5.74, 6) is -2.28. The van der Waals surface area contributed by atoms with Crippen LogP contribution in [0, 0.1) is 0 Å². The van der Waals surface area contributed by atoms with Crippen molar-refractivity contribution in [2.24, 2.45) is 17.2 Å². The lowest BCUT2D eigenvalue weighted by Gasteiger charge is -2.25. The van der Waals surface area contributed by atoms with Gasteiger partial charge in [0.2, 0.25) is 12.0 Å². The van der Waals surface area contributed by atoms with Gasteiger partial charge in [-0.3, -0.25) is 9.59 Å². The highest BCUT2D eigenvalue weighted by Crippen LogP contribution is 2.09. The molecule has 0 spiro atoms. The van der Waals surface area contributed by atoms with Gasteiger partial charge in [-0.05, 0) is 38.0 Å². The van der Waals surface area contributed by atoms with E-state index in [1.54, 1.807) is 12.3 Å². The molecule has 0 saturated carbocycles. The SMILES string of the molecule is CCCCC/C=C/N.CCCCC/C=C/O[C@@H](C(N)=O)[C@@H](O)[C@H](O)[C@H](O)C(N)=O. The zero-order valence-corrected chi connectivity index (χ0v) is 17.6. The quantitative estimate of drug-likeness (QED) is 0.166. The molecule has 2 amide bonds. The highest BCUT2D eigenvalue weighted by atomic mass is 16.5. The van der Waals surface area contributed by atoms with Crippen LogP contribution in [0.25, 0.3) is 0 Å². The summed E-state index contributed by atoms with van der Waals surface area (Å²) in [6.07, 6.45) is 7.80. The predicted octanol–water partition coefficient (Wildman–Crippen LogP) is 0.558. The van der Waals surface area contributed by atoms with E-state index in [9.17, 15) is 24.9 Å². The Morgan fingerprint density at radius 2 is 1.38 bits per heavy atom. The van der Waals surface area contributed by atoms with Crippen LogP contribution in [0.2, 0.25) is 0 Å². The van der Waals surface area contributed by atoms with Gasteiger partial charge in [-0.2, -0.15) is 0 Å². The molecular weight excluding hydrogens is 378 g/mol. The van der Waals surface area contributed by atoms with E-state index in [1.165, 1.54) is 25.5 Å². The summed E-state index contributed by atoms with van der Waals surface area (Å²) in [5.41, 5.74) is 15.0. The van der Waals surface area contributed by atoms with Crippen LogP contribution in [0.1, 0.15) is 65.2 Å². The Morgan fingerprint density at radius 1 is 0.862 bits per heavy atom. The molecule has 0 aliphatic heterocycles. The van der Waals surface area contributed by atoms with Crippen molar-refractivity contribution in [3.63, 3.8) is 0 Å². The van der Waals surface area contributed by atoms with E-state index in [0.717, 1.165) is 32.1 Å². The summed E-state index contributed by atoms with van der Waals surface area (Å²) in [5, 5.41) is 28.5. The monoisotopic (exact) mass is 417 g/mol. The normalized spacial score (nSPS) is 15.3. The number of hydrogen-bond donors (Lipinski definition) is 6. The molecule has 0 saturated heterocycles. The molecule has 0 rings (SSSR count). The number of amides is 2. The fourth-order valence-electron chi connectivity index (χ4n) is 2.18. The molecule has 9 nitrogen and oxygen atoms in total. The Bertz CT molecular complexity index is 485. The number of primary amides is 2. The summed E-state index contributed by atoms with van der Waals surface area (Å²) in [7, 11) is 0. The van der Waals surface area contributed by atoms with Crippen molar-refractivity contribution in [3.8, 4) is 0 Å². The molecule has 0 aliphatic rings. The number of hydrogen-bond acceptors (Lipinski definition) is 7. The minimum absolute atomic E-state index is 0.724. The molecule has 29 heavy (non-hydrogen) atoms. The average molecular weight is 418 g/mol. The van der Waals surface area contributed by atoms with Crippen LogP contribution in [0.5, 0.6) is 0 Å². The van der Waals surface area contributed by atoms with Crippen molar-refractivity contribution >= 4 is 11.8 Å². The maximum atomic E-state index is 11.2. The molecule has 0 aromatic heterocycles. The van der Waals surface area contributed by atoms with Crippen LogP contribution in [0.3, 0.4) is 0 Å². The molecular formula is C20H39N3O6. The number of rotatable bonds is 15. The third kappa shape index (κ3) is 15.5. The lowest BCUT2D eigenvalue weighted by Crippen LogP contribution is -2.53. The molecule has 0 aliphatic carbocycles. The number of ether oxygens (including phenoxy) is 1. The first kappa shape index (κ1) is 29.1. The minimum atomic E-state index is -2.03. The smallest absolute Gasteiger partial charge is 0.261 e. The fourth-order valence-corrected chi connectivity index (χ4v) is 2.18. The number of aliphatic hydroxyl groups is 3. The van der Waals surface area contributed by atoms with Gasteiger partial charge in [0, 0.05) is 0 Å². The Morgan fingerprint density at radius 3 is 1.79 bits per heavy atom. The van der Waals surface area contributed by atoms with E-state index >= 15 is 0 Å². The van der Waals surface area contributed by atoms with Crippen molar-refractivity contribution in [2.75, 3.05) is 0 Å². The Hall–Kier alpha value is -2.10. The van der Waals surface area contributed by atoms with Crippen LogP contribution in [0.4, 0.5) is 0 Å². The molecule has 0 aromatic rings. The van der Waals surface area contributed by atoms with Gasteiger partial charge >= 0.3 is 0 Å². The largest absolute Gasteiger partial charge is 0.486 e. The molecule has 170 valence electrons. The average Bonchev–Trinajstić information content (AvgIpc) is 2.69. The van der Waals surface area contributed by atoms with Crippen molar-refractivity contribution in [1.29, 1.82) is 0 Å². The van der Waals surface area contributed by atoms with Crippen molar-refractivity contribution in [2.45, 2.75) is 89.6 Å². The van der Waals surface area contributed by atoms with Crippen LogP contribution >= 0.6 is 0 Å². The number of carbonyl (C=O) groups is 2. The van der Waals surface area contributed by atoms with Crippen LogP contribution in [-0.4, -0.2) is 51.5 Å². The van der Waals surface area contributed by atoms with E-state index in [1.807, 2.05) is 6.08 Å². The van der Waals surface area contributed by atoms with Crippen molar-refractivity contribution in [3.05, 3.63) is 24.6 Å². The van der Waals surface area contributed by atoms with Crippen LogP contribution in [-0.2, 0) is 14.3 Å². The first-order chi connectivity index (χ1) is 13.7. The molecule has 9 N–H and O–H groups in total. The summed E-state index contributed by atoms with van der Waals surface area (Å²) in [6, 6.07) is 0. The highest BCUT2D eigenvalue weighted by Gasteiger charge is 2.37. The van der Waals surface area contributed by atoms with E-state index in [0.29, 0.717) is 0 Å². The molecule has 0 aromatic carbocycles. The van der Waals surface area contributed by atoms with Gasteiger partial charge in [-0.25, -0.2) is 0 Å². The van der Waals surface area contributed by atoms with Gasteiger partial charge in [0.05, 0.1) is 6.26 Å². The van der Waals surface area contributed by atoms with Crippen molar-refractivity contribution in [1.82, 2.24) is 0 Å². The molecule has 0 bridgehead atoms. The summed E-state index contributed by atoms with van der Waals surface area (Å²) >= 11 is 0. The fraction of sp³-hybridized carbons (Fsp3) is 0.700. The third-order valence-electron chi connectivity index (χ3n) is 3.96. The summed E-state index contributed by atoms with van der Waals surface area (Å²) in [4.78, 5) is 21.9. The second kappa shape index (κ2) is 19.2. The number of nitrogens with two attached hydrogens (primary N) is 3. The van der Waals surface area contributed by atoms with Gasteiger partial charge < -0.3 is 37.3 Å². The second-order valence-electron chi connectivity index (χ2n) is 6.58. The van der Waals surface area contributed by atoms with E-state index in [4.69, 9.17) is 21.9 Å². The zero-order chi connectivity index (χ0) is 22.7. The topological polar surface area (TPSA) is 182 Å². The van der Waals surface area contributed by atoms with Gasteiger partial charge in [-0.1, -0.05) is 45.6 Å². The standard InChI is InChI=1S/C13H24N2O6.C7H15N/c1-2-3-4-5-6-7-21-11(13(15)20)9(17)8(16)10(18)12(14)19;1-2-3-4-5-6-7-8/h6-11,16-18H,2-5H2,1H3,(H2,14,19)(H2,15,20);6-7H,2-5,8H2,1H3/b2*7-6+/t8-,9-,10-,11+;/m0./s1. The summed E-state index contributed by atoms with van der Waals surface area (Å²) < 4.78 is 4.97.